The highest BCUT2D eigenvalue weighted by Gasteiger charge is 2.00. The second-order valence-electron chi connectivity index (χ2n) is 2.86. The maximum absolute atomic E-state index is 4.39. The molecule has 1 aromatic rings. The first kappa shape index (κ1) is 8.31. The highest BCUT2D eigenvalue weighted by molar-refractivity contribution is 5.14. The Bertz CT molecular complexity index is 225. The number of nitrogens with zero attached hydrogens (tertiary/aromatic N) is 2. The fourth-order valence-electron chi connectivity index (χ4n) is 1.25. The van der Waals surface area contributed by atoms with Gasteiger partial charge in [-0.05, 0) is 25.3 Å². The van der Waals surface area contributed by atoms with E-state index in [9.17, 15) is 0 Å². The maximum Gasteiger partial charge on any atom is 0.0625 e. The Labute approximate surface area is 68.2 Å². The topological polar surface area (TPSA) is 17.8 Å². The summed E-state index contributed by atoms with van der Waals surface area (Å²) in [6.07, 6.45) is 4.40. The van der Waals surface area contributed by atoms with Gasteiger partial charge >= 0.3 is 0 Å². The molecule has 0 N–H and O–H groups in total. The standard InChI is InChI=1S/C9H16N2/c1-4-6-11-7-9(5-2)8(3)10-11/h7H,4-6H2,1-3H3. The molecule has 0 bridgehead atoms. The first-order chi connectivity index (χ1) is 5.27. The number of aryl methyl sites for hydroxylation is 3. The normalized spacial score (nSPS) is 10.5. The predicted molar refractivity (Wildman–Crippen MR) is 46.6 cm³/mol. The molecule has 0 aliphatic heterocycles. The van der Waals surface area contributed by atoms with Crippen molar-refractivity contribution >= 4 is 0 Å². The summed E-state index contributed by atoms with van der Waals surface area (Å²) in [6, 6.07) is 0. The van der Waals surface area contributed by atoms with Crippen LogP contribution in [0.5, 0.6) is 0 Å². The van der Waals surface area contributed by atoms with Gasteiger partial charge in [-0.3, -0.25) is 4.68 Å². The molecule has 1 rings (SSSR count). The van der Waals surface area contributed by atoms with Crippen LogP contribution in [0.15, 0.2) is 6.20 Å². The van der Waals surface area contributed by atoms with Crippen LogP contribution in [0, 0.1) is 6.92 Å². The quantitative estimate of drug-likeness (QED) is 0.649. The molecule has 2 nitrogen and oxygen atoms in total. The first-order valence-electron chi connectivity index (χ1n) is 4.30. The molecule has 0 atom stereocenters. The van der Waals surface area contributed by atoms with Crippen molar-refractivity contribution in [3.8, 4) is 0 Å². The van der Waals surface area contributed by atoms with Crippen LogP contribution in [0.4, 0.5) is 0 Å². The summed E-state index contributed by atoms with van der Waals surface area (Å²) in [5.74, 6) is 0. The summed E-state index contributed by atoms with van der Waals surface area (Å²) in [4.78, 5) is 0. The molecule has 0 aromatic carbocycles. The molecule has 0 fully saturated rings. The van der Waals surface area contributed by atoms with Gasteiger partial charge in [-0.1, -0.05) is 13.8 Å². The van der Waals surface area contributed by atoms with Gasteiger partial charge in [-0.25, -0.2) is 0 Å². The highest BCUT2D eigenvalue weighted by atomic mass is 15.3. The van der Waals surface area contributed by atoms with Gasteiger partial charge in [-0.15, -0.1) is 0 Å². The van der Waals surface area contributed by atoms with Gasteiger partial charge in [0.1, 0.15) is 0 Å². The van der Waals surface area contributed by atoms with Crippen molar-refractivity contribution in [2.24, 2.45) is 0 Å². The zero-order valence-electron chi connectivity index (χ0n) is 7.59. The van der Waals surface area contributed by atoms with E-state index < -0.39 is 0 Å². The van der Waals surface area contributed by atoms with Crippen molar-refractivity contribution < 1.29 is 0 Å². The molecule has 0 aliphatic carbocycles. The molecule has 0 amide bonds. The SMILES string of the molecule is CCCn1cc(CC)c(C)n1. The third-order valence-corrected chi connectivity index (χ3v) is 1.88. The maximum atomic E-state index is 4.39. The number of rotatable bonds is 3. The lowest BCUT2D eigenvalue weighted by atomic mass is 10.2. The van der Waals surface area contributed by atoms with Crippen LogP contribution in [-0.2, 0) is 13.0 Å². The lowest BCUT2D eigenvalue weighted by molar-refractivity contribution is 0.598. The number of hydrogen-bond donors (Lipinski definition) is 0. The summed E-state index contributed by atoms with van der Waals surface area (Å²) in [5, 5.41) is 4.39. The average molecular weight is 152 g/mol. The van der Waals surface area contributed by atoms with E-state index in [0.717, 1.165) is 19.4 Å². The van der Waals surface area contributed by atoms with Crippen LogP contribution in [0.25, 0.3) is 0 Å². The van der Waals surface area contributed by atoms with E-state index in [2.05, 4.69) is 32.1 Å². The van der Waals surface area contributed by atoms with E-state index in [1.807, 2.05) is 4.68 Å². The Kier molecular flexibility index (Phi) is 2.69. The van der Waals surface area contributed by atoms with Gasteiger partial charge in [0.25, 0.3) is 0 Å². The first-order valence-corrected chi connectivity index (χ1v) is 4.30. The molecule has 1 heterocycles. The molecule has 2 heteroatoms. The minimum absolute atomic E-state index is 1.04. The third kappa shape index (κ3) is 1.82. The van der Waals surface area contributed by atoms with E-state index >= 15 is 0 Å². The Morgan fingerprint density at radius 2 is 2.18 bits per heavy atom. The summed E-state index contributed by atoms with van der Waals surface area (Å²) in [6.45, 7) is 7.45. The van der Waals surface area contributed by atoms with Crippen LogP contribution in [0.3, 0.4) is 0 Å². The van der Waals surface area contributed by atoms with Crippen LogP contribution in [-0.4, -0.2) is 9.78 Å². The van der Waals surface area contributed by atoms with Crippen LogP contribution < -0.4 is 0 Å². The van der Waals surface area contributed by atoms with Gasteiger partial charge < -0.3 is 0 Å². The molecule has 11 heavy (non-hydrogen) atoms. The van der Waals surface area contributed by atoms with Gasteiger partial charge in [-0.2, -0.15) is 5.10 Å². The molecule has 0 saturated heterocycles. The average Bonchev–Trinajstić information content (AvgIpc) is 2.32. The number of aromatic nitrogens is 2. The molecule has 0 unspecified atom stereocenters. The second kappa shape index (κ2) is 3.56. The molecular weight excluding hydrogens is 136 g/mol. The predicted octanol–water partition coefficient (Wildman–Crippen LogP) is 2.16. The lowest BCUT2D eigenvalue weighted by Gasteiger charge is -1.94. The van der Waals surface area contributed by atoms with Crippen molar-refractivity contribution in [3.05, 3.63) is 17.5 Å². The fourth-order valence-corrected chi connectivity index (χ4v) is 1.25. The lowest BCUT2D eigenvalue weighted by Crippen LogP contribution is -1.96. The molecule has 0 radical (unpaired) electrons. The van der Waals surface area contributed by atoms with E-state index in [1.54, 1.807) is 0 Å². The highest BCUT2D eigenvalue weighted by Crippen LogP contribution is 2.05. The van der Waals surface area contributed by atoms with E-state index in [4.69, 9.17) is 0 Å². The third-order valence-electron chi connectivity index (χ3n) is 1.88. The fraction of sp³-hybridized carbons (Fsp3) is 0.667. The van der Waals surface area contributed by atoms with Gasteiger partial charge in [0.2, 0.25) is 0 Å². The van der Waals surface area contributed by atoms with Crippen molar-refractivity contribution in [3.63, 3.8) is 0 Å². The summed E-state index contributed by atoms with van der Waals surface area (Å²) in [7, 11) is 0. The molecule has 0 spiro atoms. The molecule has 1 aromatic heterocycles. The van der Waals surface area contributed by atoms with Gasteiger partial charge in [0, 0.05) is 12.7 Å². The zero-order valence-corrected chi connectivity index (χ0v) is 7.59. The van der Waals surface area contributed by atoms with Gasteiger partial charge in [0.15, 0.2) is 0 Å². The minimum atomic E-state index is 1.04. The Morgan fingerprint density at radius 3 is 2.64 bits per heavy atom. The largest absolute Gasteiger partial charge is 0.272 e. The number of hydrogen-bond acceptors (Lipinski definition) is 1. The Balaban J connectivity index is 2.77. The van der Waals surface area contributed by atoms with E-state index in [1.165, 1.54) is 11.3 Å². The van der Waals surface area contributed by atoms with E-state index in [0.29, 0.717) is 0 Å². The summed E-state index contributed by atoms with van der Waals surface area (Å²) < 4.78 is 2.04. The van der Waals surface area contributed by atoms with Crippen LogP contribution in [0.1, 0.15) is 31.5 Å². The van der Waals surface area contributed by atoms with Crippen molar-refractivity contribution in [1.29, 1.82) is 0 Å². The Hall–Kier alpha value is -0.790. The van der Waals surface area contributed by atoms with Gasteiger partial charge in [0.05, 0.1) is 5.69 Å². The second-order valence-corrected chi connectivity index (χ2v) is 2.86. The van der Waals surface area contributed by atoms with Crippen molar-refractivity contribution in [2.45, 2.75) is 40.2 Å². The zero-order chi connectivity index (χ0) is 8.27. The van der Waals surface area contributed by atoms with Crippen molar-refractivity contribution in [2.75, 3.05) is 0 Å². The molecule has 0 aliphatic rings. The molecule has 0 saturated carbocycles. The Morgan fingerprint density at radius 1 is 1.45 bits per heavy atom. The molecule has 62 valence electrons. The van der Waals surface area contributed by atoms with Crippen LogP contribution in [0.2, 0.25) is 0 Å². The van der Waals surface area contributed by atoms with Crippen LogP contribution >= 0.6 is 0 Å². The minimum Gasteiger partial charge on any atom is -0.272 e. The van der Waals surface area contributed by atoms with E-state index in [-0.39, 0.29) is 0 Å². The van der Waals surface area contributed by atoms with Crippen molar-refractivity contribution in [1.82, 2.24) is 9.78 Å². The monoisotopic (exact) mass is 152 g/mol. The summed E-state index contributed by atoms with van der Waals surface area (Å²) >= 11 is 0. The summed E-state index contributed by atoms with van der Waals surface area (Å²) in [5.41, 5.74) is 2.56. The molecular formula is C9H16N2. The smallest absolute Gasteiger partial charge is 0.0625 e.